The number of alkyl halides is 6. The van der Waals surface area contributed by atoms with Crippen LogP contribution >= 0.6 is 0 Å². The lowest BCUT2D eigenvalue weighted by molar-refractivity contribution is -0.288. The molecule has 4 aromatic carbocycles. The number of hydrogen-bond acceptors (Lipinski definition) is 12. The van der Waals surface area contributed by atoms with Gasteiger partial charge in [0.25, 0.3) is 0 Å². The van der Waals surface area contributed by atoms with Crippen LogP contribution in [0, 0.1) is 0 Å². The largest absolute Gasteiger partial charge is 0.457 e. The van der Waals surface area contributed by atoms with Gasteiger partial charge in [-0.3, -0.25) is 9.59 Å². The summed E-state index contributed by atoms with van der Waals surface area (Å²) < 4.78 is 104. The van der Waals surface area contributed by atoms with Crippen LogP contribution in [-0.4, -0.2) is 59.7 Å². The van der Waals surface area contributed by atoms with Crippen LogP contribution in [0.4, 0.5) is 26.3 Å². The van der Waals surface area contributed by atoms with Crippen molar-refractivity contribution < 1.29 is 83.6 Å². The summed E-state index contributed by atoms with van der Waals surface area (Å²) in [6, 6.07) is 11.6. The maximum Gasteiger partial charge on any atom is 0.411 e. The fourth-order valence-electron chi connectivity index (χ4n) is 6.28. The Hall–Kier alpha value is -6.98. The van der Waals surface area contributed by atoms with Gasteiger partial charge < -0.3 is 18.9 Å². The summed E-state index contributed by atoms with van der Waals surface area (Å²) in [6.45, 7) is 0. The minimum Gasteiger partial charge on any atom is -0.457 e. The maximum absolute atomic E-state index is 14.2. The SMILES string of the molecule is C.O=C1CC(=O)c2cc(Oc3ccc4c(c3)C(=O)OC4=O)ccc21.O=C1OC(=O)c2cc(C(c3ccc4c(c3)C(=O)OC4=O)(C(F)(F)F)C(F)(F)F)ccc21. The maximum atomic E-state index is 14.2. The third kappa shape index (κ3) is 5.91. The van der Waals surface area contributed by atoms with Crippen molar-refractivity contribution in [3.63, 3.8) is 0 Å². The molecule has 0 atom stereocenters. The van der Waals surface area contributed by atoms with Crippen molar-refractivity contribution in [1.82, 2.24) is 0 Å². The van der Waals surface area contributed by atoms with Crippen molar-refractivity contribution in [3.05, 3.63) is 128 Å². The van der Waals surface area contributed by atoms with Gasteiger partial charge in [0.05, 0.1) is 39.8 Å². The van der Waals surface area contributed by atoms with Gasteiger partial charge >= 0.3 is 48.2 Å². The highest BCUT2D eigenvalue weighted by molar-refractivity contribution is 6.24. The Morgan fingerprint density at radius 3 is 1.16 bits per heavy atom. The molecule has 0 bridgehead atoms. The second-order valence-electron chi connectivity index (χ2n) is 11.8. The van der Waals surface area contributed by atoms with Gasteiger partial charge in [0.2, 0.25) is 5.41 Å². The number of rotatable bonds is 4. The minimum absolute atomic E-state index is 0. The van der Waals surface area contributed by atoms with Crippen LogP contribution in [0.15, 0.2) is 72.8 Å². The number of ether oxygens (including phenoxy) is 4. The first-order chi connectivity index (χ1) is 25.3. The molecule has 4 aliphatic rings. The Bertz CT molecular complexity index is 2290. The van der Waals surface area contributed by atoms with E-state index in [-0.39, 0.29) is 48.7 Å². The van der Waals surface area contributed by atoms with Gasteiger partial charge in [-0.05, 0) is 71.8 Å². The summed E-state index contributed by atoms with van der Waals surface area (Å²) in [5.41, 5.74) is -9.03. The minimum atomic E-state index is -6.02. The highest BCUT2D eigenvalue weighted by atomic mass is 19.4. The van der Waals surface area contributed by atoms with Crippen molar-refractivity contribution in [1.29, 1.82) is 0 Å². The van der Waals surface area contributed by atoms with E-state index in [0.29, 0.717) is 46.9 Å². The van der Waals surface area contributed by atoms with E-state index in [2.05, 4.69) is 14.2 Å². The molecule has 0 aromatic heterocycles. The number of halogens is 6. The number of hydrogen-bond donors (Lipinski definition) is 0. The monoisotopic (exact) mass is 768 g/mol. The lowest BCUT2D eigenvalue weighted by Crippen LogP contribution is -2.55. The molecule has 12 nitrogen and oxygen atoms in total. The zero-order valence-electron chi connectivity index (χ0n) is 26.3. The summed E-state index contributed by atoms with van der Waals surface area (Å²) in [6.07, 6.45) is -12.2. The number of cyclic esters (lactones) is 6. The molecule has 18 heteroatoms. The average Bonchev–Trinajstić information content (AvgIpc) is 3.75. The van der Waals surface area contributed by atoms with Crippen molar-refractivity contribution >= 4 is 47.4 Å². The highest BCUT2D eigenvalue weighted by Gasteiger charge is 2.73. The standard InChI is InChI=1S/C19H6F6O6.C17H8O6.CH4/c20-18(21,22)17(19(23,24)25,7-1-3-9-11(5-7)15(28)30-13(9)26)8-2-4-10-12(6-8)16(29)31-14(10)27;18-14-7-15(19)12-5-8(1-3-10(12)14)22-9-2-4-11-13(6-9)17(21)23-16(11)20;/h1-6H;1-6H,7H2;1H4. The first kappa shape index (κ1) is 37.8. The molecule has 0 saturated carbocycles. The Morgan fingerprint density at radius 2 is 0.745 bits per heavy atom. The van der Waals surface area contributed by atoms with E-state index in [1.807, 2.05) is 0 Å². The quantitative estimate of drug-likeness (QED) is 0.0910. The third-order valence-electron chi connectivity index (χ3n) is 8.77. The van der Waals surface area contributed by atoms with Crippen molar-refractivity contribution in [2.45, 2.75) is 31.6 Å². The summed E-state index contributed by atoms with van der Waals surface area (Å²) in [7, 11) is 0. The van der Waals surface area contributed by atoms with Gasteiger partial charge in [-0.15, -0.1) is 0 Å². The van der Waals surface area contributed by atoms with Gasteiger partial charge in [0.1, 0.15) is 11.5 Å². The van der Waals surface area contributed by atoms with Crippen LogP contribution in [0.3, 0.4) is 0 Å². The average molecular weight is 769 g/mol. The second-order valence-corrected chi connectivity index (χ2v) is 11.8. The Morgan fingerprint density at radius 1 is 0.418 bits per heavy atom. The van der Waals surface area contributed by atoms with E-state index in [4.69, 9.17) is 4.74 Å². The van der Waals surface area contributed by atoms with Crippen molar-refractivity contribution in [3.8, 4) is 11.5 Å². The van der Waals surface area contributed by atoms with Crippen LogP contribution in [0.1, 0.15) is 108 Å². The highest BCUT2D eigenvalue weighted by Crippen LogP contribution is 2.57. The van der Waals surface area contributed by atoms with Crippen LogP contribution in [0.2, 0.25) is 0 Å². The molecule has 0 amide bonds. The molecule has 4 aromatic rings. The van der Waals surface area contributed by atoms with E-state index >= 15 is 0 Å². The number of ketones is 2. The van der Waals surface area contributed by atoms with Gasteiger partial charge in [-0.25, -0.2) is 28.8 Å². The zero-order valence-corrected chi connectivity index (χ0v) is 26.3. The number of carbonyl (C=O) groups excluding carboxylic acids is 8. The molecule has 280 valence electrons. The zero-order chi connectivity index (χ0) is 39.1. The molecule has 55 heavy (non-hydrogen) atoms. The molecule has 0 spiro atoms. The summed E-state index contributed by atoms with van der Waals surface area (Å²) in [5.74, 6) is -6.37. The normalized spacial score (nSPS) is 15.6. The summed E-state index contributed by atoms with van der Waals surface area (Å²) in [4.78, 5) is 92.7. The molecule has 0 saturated heterocycles. The molecule has 8 rings (SSSR count). The van der Waals surface area contributed by atoms with E-state index in [1.54, 1.807) is 12.1 Å². The molecule has 0 unspecified atom stereocenters. The van der Waals surface area contributed by atoms with Crippen LogP contribution < -0.4 is 4.74 Å². The van der Waals surface area contributed by atoms with Crippen molar-refractivity contribution in [2.75, 3.05) is 0 Å². The first-order valence-corrected chi connectivity index (χ1v) is 15.1. The Labute approximate surface area is 302 Å². The molecular weight excluding hydrogens is 750 g/mol. The fourth-order valence-corrected chi connectivity index (χ4v) is 6.28. The number of fused-ring (bicyclic) bond motifs is 4. The Balaban J connectivity index is 0.000000191. The van der Waals surface area contributed by atoms with Gasteiger partial charge in [0, 0.05) is 11.1 Å². The molecule has 3 aliphatic heterocycles. The number of esters is 6. The Kier molecular flexibility index (Phi) is 8.83. The van der Waals surface area contributed by atoms with Gasteiger partial charge in [0.15, 0.2) is 11.6 Å². The van der Waals surface area contributed by atoms with E-state index in [0.717, 1.165) is 0 Å². The molecule has 0 radical (unpaired) electrons. The number of carbonyl (C=O) groups is 8. The van der Waals surface area contributed by atoms with Gasteiger partial charge in [-0.1, -0.05) is 19.6 Å². The van der Waals surface area contributed by atoms with Crippen molar-refractivity contribution in [2.24, 2.45) is 0 Å². The summed E-state index contributed by atoms with van der Waals surface area (Å²) in [5, 5.41) is 0. The summed E-state index contributed by atoms with van der Waals surface area (Å²) >= 11 is 0. The molecular formula is C37H18F6O12. The van der Waals surface area contributed by atoms with Crippen LogP contribution in [0.25, 0.3) is 0 Å². The second kappa shape index (κ2) is 12.9. The van der Waals surface area contributed by atoms with E-state index in [9.17, 15) is 64.7 Å². The number of benzene rings is 4. The fraction of sp³-hybridized carbons (Fsp3) is 0.135. The molecule has 3 heterocycles. The predicted molar refractivity (Wildman–Crippen MR) is 168 cm³/mol. The molecule has 0 fully saturated rings. The third-order valence-corrected chi connectivity index (χ3v) is 8.77. The lowest BCUT2D eigenvalue weighted by atomic mass is 9.71. The lowest BCUT2D eigenvalue weighted by Gasteiger charge is -2.38. The van der Waals surface area contributed by atoms with Crippen LogP contribution in [0.5, 0.6) is 11.5 Å². The molecule has 1 aliphatic carbocycles. The topological polar surface area (TPSA) is 173 Å². The van der Waals surface area contributed by atoms with E-state index in [1.165, 1.54) is 24.3 Å². The number of Topliss-reactive ketones (excluding diaryl/α,β-unsaturated/α-hetero) is 2. The van der Waals surface area contributed by atoms with Gasteiger partial charge in [-0.2, -0.15) is 26.3 Å². The predicted octanol–water partition coefficient (Wildman–Crippen LogP) is 6.91. The first-order valence-electron chi connectivity index (χ1n) is 15.1. The van der Waals surface area contributed by atoms with E-state index < -0.39 is 87.0 Å². The van der Waals surface area contributed by atoms with Crippen LogP contribution in [-0.2, 0) is 19.6 Å². The molecule has 0 N–H and O–H groups in total. The smallest absolute Gasteiger partial charge is 0.411 e.